The van der Waals surface area contributed by atoms with Gasteiger partial charge in [-0.05, 0) is 0 Å². The van der Waals surface area contributed by atoms with Crippen molar-refractivity contribution in [2.75, 3.05) is 0 Å². The zero-order valence-corrected chi connectivity index (χ0v) is 9.48. The molecule has 0 aliphatic heterocycles. The van der Waals surface area contributed by atoms with Crippen molar-refractivity contribution in [3.05, 3.63) is 34.6 Å². The van der Waals surface area contributed by atoms with E-state index in [0.29, 0.717) is 0 Å². The summed E-state index contributed by atoms with van der Waals surface area (Å²) in [6.45, 7) is 0.994. The maximum atomic E-state index is 11.9. The molecular weight excluding hydrogens is 241 g/mol. The summed E-state index contributed by atoms with van der Waals surface area (Å²) in [7, 11) is 0. The minimum absolute atomic E-state index is 0.246. The Kier molecular flexibility index (Phi) is 1.89. The van der Waals surface area contributed by atoms with E-state index in [-0.39, 0.29) is 20.3 Å². The molecule has 0 radical (unpaired) electrons. The number of hydrogen-bond acceptors (Lipinski definition) is 1. The molecule has 1 saturated carbocycles. The van der Waals surface area contributed by atoms with Crippen molar-refractivity contribution in [3.8, 4) is 0 Å². The van der Waals surface area contributed by atoms with Gasteiger partial charge in [0.25, 0.3) is 0 Å². The number of aromatic nitrogens is 1. The molecule has 2 nitrogen and oxygen atoms in total. The van der Waals surface area contributed by atoms with Crippen molar-refractivity contribution in [1.82, 2.24) is 3.56 Å². The average molecular weight is 252 g/mol. The Balaban J connectivity index is 2.14. The summed E-state index contributed by atoms with van der Waals surface area (Å²) in [5, 5.41) is 0.938. The van der Waals surface area contributed by atoms with Gasteiger partial charge >= 0.3 is 87.9 Å². The third-order valence-corrected chi connectivity index (χ3v) is 4.96. The van der Waals surface area contributed by atoms with Gasteiger partial charge in [0, 0.05) is 0 Å². The van der Waals surface area contributed by atoms with Crippen LogP contribution in [0, 0.1) is 5.92 Å². The summed E-state index contributed by atoms with van der Waals surface area (Å²) in [5.74, 6) is 0.801. The summed E-state index contributed by atoms with van der Waals surface area (Å²) in [6, 6.07) is 8.01. The van der Waals surface area contributed by atoms with Crippen LogP contribution in [-0.4, -0.2) is 18.3 Å². The first-order valence-corrected chi connectivity index (χ1v) is 6.56. The molecule has 1 aromatic carbocycles. The van der Waals surface area contributed by atoms with Gasteiger partial charge in [-0.15, -0.1) is 0 Å². The van der Waals surface area contributed by atoms with Gasteiger partial charge in [-0.3, -0.25) is 0 Å². The molecule has 1 fully saturated rings. The van der Waals surface area contributed by atoms with E-state index in [9.17, 15) is 4.79 Å². The van der Waals surface area contributed by atoms with Gasteiger partial charge in [-0.1, -0.05) is 0 Å². The van der Waals surface area contributed by atoms with Crippen molar-refractivity contribution in [2.24, 2.45) is 5.92 Å². The van der Waals surface area contributed by atoms with Gasteiger partial charge < -0.3 is 0 Å². The molecule has 3 heteroatoms. The van der Waals surface area contributed by atoms with E-state index in [1.165, 1.54) is 17.1 Å². The van der Waals surface area contributed by atoms with Crippen LogP contribution in [0.1, 0.15) is 12.8 Å². The van der Waals surface area contributed by atoms with Crippen molar-refractivity contribution in [2.45, 2.75) is 19.4 Å². The third-order valence-electron chi connectivity index (χ3n) is 2.67. The average Bonchev–Trinajstić information content (AvgIpc) is 2.95. The Labute approximate surface area is 88.1 Å². The molecule has 1 aliphatic rings. The molecule has 1 aliphatic carbocycles. The van der Waals surface area contributed by atoms with Crippen LogP contribution in [0.3, 0.4) is 0 Å². The molecule has 0 spiro atoms. The summed E-state index contributed by atoms with van der Waals surface area (Å²) in [4.78, 5) is 11.9. The van der Waals surface area contributed by atoms with Crippen LogP contribution >= 0.6 is 0 Å². The van der Waals surface area contributed by atoms with Crippen molar-refractivity contribution < 1.29 is 0 Å². The number of fused-ring (bicyclic) bond motifs is 1. The monoisotopic (exact) mass is 253 g/mol. The molecule has 0 amide bonds. The molecule has 0 saturated heterocycles. The Morgan fingerprint density at radius 1 is 1.36 bits per heavy atom. The molecule has 0 N–H and O–H groups in total. The molecule has 3 rings (SSSR count). The van der Waals surface area contributed by atoms with Crippen LogP contribution < -0.4 is 5.56 Å². The molecule has 1 heterocycles. The number of nitrogens with zero attached hydrogens (tertiary/aromatic N) is 1. The molecule has 72 valence electrons. The molecule has 2 aromatic rings. The van der Waals surface area contributed by atoms with E-state index in [0.717, 1.165) is 17.8 Å². The van der Waals surface area contributed by atoms with E-state index in [2.05, 4.69) is 9.63 Å². The second-order valence-electron chi connectivity index (χ2n) is 3.90. The van der Waals surface area contributed by atoms with Crippen LogP contribution in [0.4, 0.5) is 0 Å². The van der Waals surface area contributed by atoms with Gasteiger partial charge in [0.2, 0.25) is 0 Å². The van der Waals surface area contributed by atoms with Gasteiger partial charge in [0.05, 0.1) is 0 Å². The Morgan fingerprint density at radius 3 is 2.86 bits per heavy atom. The van der Waals surface area contributed by atoms with Crippen LogP contribution in [0.25, 0.3) is 9.65 Å². The molecule has 0 bridgehead atoms. The molecular formula is C11H11NOSe. The fourth-order valence-electron chi connectivity index (χ4n) is 1.67. The van der Waals surface area contributed by atoms with Crippen LogP contribution in [0.15, 0.2) is 29.1 Å². The Bertz CT molecular complexity index is 521. The second-order valence-corrected chi connectivity index (χ2v) is 6.13. The van der Waals surface area contributed by atoms with Crippen molar-refractivity contribution in [3.63, 3.8) is 0 Å². The quantitative estimate of drug-likeness (QED) is 0.742. The van der Waals surface area contributed by atoms with E-state index >= 15 is 0 Å². The summed E-state index contributed by atoms with van der Waals surface area (Å²) >= 11 is 0.246. The predicted octanol–water partition coefficient (Wildman–Crippen LogP) is 1.47. The van der Waals surface area contributed by atoms with E-state index in [4.69, 9.17) is 0 Å². The Morgan fingerprint density at radius 2 is 2.14 bits per heavy atom. The predicted molar refractivity (Wildman–Crippen MR) is 57.9 cm³/mol. The van der Waals surface area contributed by atoms with Gasteiger partial charge in [0.1, 0.15) is 0 Å². The zero-order valence-electron chi connectivity index (χ0n) is 7.77. The van der Waals surface area contributed by atoms with E-state index < -0.39 is 0 Å². The van der Waals surface area contributed by atoms with Gasteiger partial charge in [0.15, 0.2) is 0 Å². The maximum absolute atomic E-state index is 11.9. The summed E-state index contributed by atoms with van der Waals surface area (Å²) in [6.07, 6.45) is 2.63. The fraction of sp³-hybridized carbons (Fsp3) is 0.364. The standard InChI is InChI=1S/C11H11NOSe/c13-11-9-3-1-2-4-10(9)14-12(11)7-8-5-6-8/h1-4,8H,5-7H2. The number of rotatable bonds is 2. The molecule has 0 atom stereocenters. The summed E-state index contributed by atoms with van der Waals surface area (Å²) in [5.41, 5.74) is 0.257. The Hall–Kier alpha value is -0.791. The number of benzene rings is 1. The van der Waals surface area contributed by atoms with Crippen LogP contribution in [0.5, 0.6) is 0 Å². The number of hydrogen-bond donors (Lipinski definition) is 0. The van der Waals surface area contributed by atoms with Crippen LogP contribution in [0.2, 0.25) is 0 Å². The first-order valence-electron chi connectivity index (χ1n) is 4.93. The fourth-order valence-corrected chi connectivity index (χ4v) is 3.97. The van der Waals surface area contributed by atoms with E-state index in [1.54, 1.807) is 0 Å². The first-order chi connectivity index (χ1) is 6.84. The normalized spacial score (nSPS) is 16.3. The molecule has 1 aromatic heterocycles. The zero-order chi connectivity index (χ0) is 9.54. The summed E-state index contributed by atoms with van der Waals surface area (Å²) < 4.78 is 3.31. The first kappa shape index (κ1) is 8.51. The van der Waals surface area contributed by atoms with E-state index in [1.807, 2.05) is 18.2 Å². The van der Waals surface area contributed by atoms with Crippen LogP contribution in [-0.2, 0) is 6.54 Å². The molecule has 0 unspecified atom stereocenters. The van der Waals surface area contributed by atoms with Gasteiger partial charge in [-0.2, -0.15) is 0 Å². The SMILES string of the molecule is O=c1c2ccccc2[se]n1CC1CC1. The van der Waals surface area contributed by atoms with Crippen molar-refractivity contribution >= 4 is 24.4 Å². The van der Waals surface area contributed by atoms with Gasteiger partial charge in [-0.25, -0.2) is 0 Å². The minimum atomic E-state index is 0.246. The second kappa shape index (κ2) is 3.11. The third kappa shape index (κ3) is 1.37. The van der Waals surface area contributed by atoms with Crippen molar-refractivity contribution in [1.29, 1.82) is 0 Å². The topological polar surface area (TPSA) is 22.0 Å². The molecule has 14 heavy (non-hydrogen) atoms.